The fourth-order valence-corrected chi connectivity index (χ4v) is 1.91. The molecule has 1 N–H and O–H groups in total. The van der Waals surface area contributed by atoms with Crippen molar-refractivity contribution in [3.63, 3.8) is 0 Å². The Bertz CT molecular complexity index is 570. The van der Waals surface area contributed by atoms with E-state index in [9.17, 15) is 4.79 Å². The van der Waals surface area contributed by atoms with Crippen molar-refractivity contribution in [3.05, 3.63) is 36.2 Å². The van der Waals surface area contributed by atoms with Crippen LogP contribution in [0.15, 0.2) is 24.9 Å². The van der Waals surface area contributed by atoms with Gasteiger partial charge in [0.2, 0.25) is 0 Å². The number of hydrogen-bond acceptors (Lipinski definition) is 2. The summed E-state index contributed by atoms with van der Waals surface area (Å²) in [5.74, 6) is -0.874. The molecule has 4 heteroatoms. The number of aliphatic carboxylic acids is 1. The summed E-state index contributed by atoms with van der Waals surface area (Å²) >= 11 is 0. The van der Waals surface area contributed by atoms with Crippen molar-refractivity contribution in [1.29, 1.82) is 0 Å². The monoisotopic (exact) mass is 216 g/mol. The van der Waals surface area contributed by atoms with E-state index in [0.717, 1.165) is 16.6 Å². The molecule has 0 radical (unpaired) electrons. The molecule has 2 heterocycles. The Morgan fingerprint density at radius 3 is 3.06 bits per heavy atom. The van der Waals surface area contributed by atoms with Gasteiger partial charge in [0.1, 0.15) is 12.2 Å². The van der Waals surface area contributed by atoms with E-state index in [-0.39, 0.29) is 6.54 Å². The molecule has 0 aliphatic carbocycles. The molecule has 0 saturated carbocycles. The van der Waals surface area contributed by atoms with Crippen LogP contribution in [-0.2, 0) is 11.3 Å². The van der Waals surface area contributed by atoms with E-state index in [2.05, 4.69) is 11.6 Å². The highest BCUT2D eigenvalue weighted by atomic mass is 16.4. The molecule has 0 spiro atoms. The highest BCUT2D eigenvalue weighted by Gasteiger charge is 2.14. The normalized spacial score (nSPS) is 10.6. The fraction of sp³-hybridized carbons (Fsp3) is 0.167. The van der Waals surface area contributed by atoms with E-state index in [4.69, 9.17) is 5.11 Å². The van der Waals surface area contributed by atoms with Gasteiger partial charge in [-0.3, -0.25) is 4.79 Å². The molecular formula is C12H12N2O2. The summed E-state index contributed by atoms with van der Waals surface area (Å²) < 4.78 is 1.69. The Morgan fingerprint density at radius 2 is 2.44 bits per heavy atom. The zero-order valence-corrected chi connectivity index (χ0v) is 8.97. The molecule has 0 unspecified atom stereocenters. The standard InChI is InChI=1S/C12H12N2O2/c1-3-9-8(2)14(7-11(15)16)12-10(9)5-4-6-13-12/h3-6H,1,7H2,2H3,(H,15,16). The first-order chi connectivity index (χ1) is 7.65. The van der Waals surface area contributed by atoms with Crippen molar-refractivity contribution in [2.75, 3.05) is 0 Å². The van der Waals surface area contributed by atoms with Gasteiger partial charge in [0, 0.05) is 22.8 Å². The first kappa shape index (κ1) is 10.4. The smallest absolute Gasteiger partial charge is 0.323 e. The Balaban J connectivity index is 2.76. The topological polar surface area (TPSA) is 55.1 Å². The average Bonchev–Trinajstić information content (AvgIpc) is 2.52. The summed E-state index contributed by atoms with van der Waals surface area (Å²) in [5, 5.41) is 9.80. The van der Waals surface area contributed by atoms with Gasteiger partial charge in [-0.05, 0) is 19.1 Å². The van der Waals surface area contributed by atoms with Crippen LogP contribution >= 0.6 is 0 Å². The van der Waals surface area contributed by atoms with E-state index in [1.54, 1.807) is 16.8 Å². The Kier molecular flexibility index (Phi) is 2.48. The van der Waals surface area contributed by atoms with Gasteiger partial charge in [-0.2, -0.15) is 0 Å². The SMILES string of the molecule is C=Cc1c(C)n(CC(=O)O)c2ncccc12. The molecule has 2 aromatic rings. The maximum absolute atomic E-state index is 10.8. The second-order valence-electron chi connectivity index (χ2n) is 3.56. The van der Waals surface area contributed by atoms with Crippen LogP contribution in [0.25, 0.3) is 17.1 Å². The van der Waals surface area contributed by atoms with Gasteiger partial charge in [-0.1, -0.05) is 12.7 Å². The predicted octanol–water partition coefficient (Wildman–Crippen LogP) is 2.07. The highest BCUT2D eigenvalue weighted by Crippen LogP contribution is 2.24. The van der Waals surface area contributed by atoms with Crippen LogP contribution in [0.3, 0.4) is 0 Å². The number of hydrogen-bond donors (Lipinski definition) is 1. The van der Waals surface area contributed by atoms with E-state index < -0.39 is 5.97 Å². The number of carboxylic acid groups (broad SMARTS) is 1. The van der Waals surface area contributed by atoms with Gasteiger partial charge >= 0.3 is 5.97 Å². The molecule has 0 amide bonds. The molecule has 16 heavy (non-hydrogen) atoms. The first-order valence-electron chi connectivity index (χ1n) is 4.93. The van der Waals surface area contributed by atoms with Gasteiger partial charge in [0.25, 0.3) is 0 Å². The Morgan fingerprint density at radius 1 is 1.69 bits per heavy atom. The molecule has 2 rings (SSSR count). The molecule has 0 atom stereocenters. The van der Waals surface area contributed by atoms with Crippen LogP contribution in [0.5, 0.6) is 0 Å². The minimum Gasteiger partial charge on any atom is -0.480 e. The van der Waals surface area contributed by atoms with Crippen LogP contribution in [0.2, 0.25) is 0 Å². The van der Waals surface area contributed by atoms with Crippen molar-refractivity contribution in [3.8, 4) is 0 Å². The van der Waals surface area contributed by atoms with E-state index in [1.165, 1.54) is 0 Å². The van der Waals surface area contributed by atoms with Crippen molar-refractivity contribution >= 4 is 23.1 Å². The molecule has 0 aliphatic heterocycles. The van der Waals surface area contributed by atoms with Gasteiger partial charge in [-0.25, -0.2) is 4.98 Å². The zero-order chi connectivity index (χ0) is 11.7. The van der Waals surface area contributed by atoms with E-state index in [1.807, 2.05) is 19.1 Å². The summed E-state index contributed by atoms with van der Waals surface area (Å²) in [5.41, 5.74) is 2.52. The number of carbonyl (C=O) groups is 1. The molecule has 0 aliphatic rings. The molecule has 2 aromatic heterocycles. The third-order valence-corrected chi connectivity index (χ3v) is 2.62. The van der Waals surface area contributed by atoms with Crippen LogP contribution in [0.4, 0.5) is 0 Å². The summed E-state index contributed by atoms with van der Waals surface area (Å²) in [4.78, 5) is 15.0. The molecule has 82 valence electrons. The lowest BCUT2D eigenvalue weighted by atomic mass is 10.2. The third-order valence-electron chi connectivity index (χ3n) is 2.62. The fourth-order valence-electron chi connectivity index (χ4n) is 1.91. The lowest BCUT2D eigenvalue weighted by molar-refractivity contribution is -0.137. The Hall–Kier alpha value is -2.10. The summed E-state index contributed by atoms with van der Waals surface area (Å²) in [6, 6.07) is 3.75. The lowest BCUT2D eigenvalue weighted by Gasteiger charge is -2.03. The van der Waals surface area contributed by atoms with E-state index in [0.29, 0.717) is 5.65 Å². The van der Waals surface area contributed by atoms with Crippen molar-refractivity contribution in [2.24, 2.45) is 0 Å². The van der Waals surface area contributed by atoms with Crippen LogP contribution in [0, 0.1) is 6.92 Å². The van der Waals surface area contributed by atoms with Crippen LogP contribution in [0.1, 0.15) is 11.3 Å². The summed E-state index contributed by atoms with van der Waals surface area (Å²) in [6.45, 7) is 5.55. The van der Waals surface area contributed by atoms with Crippen molar-refractivity contribution in [1.82, 2.24) is 9.55 Å². The average molecular weight is 216 g/mol. The van der Waals surface area contributed by atoms with Crippen LogP contribution < -0.4 is 0 Å². The highest BCUT2D eigenvalue weighted by molar-refractivity contribution is 5.89. The molecule has 4 nitrogen and oxygen atoms in total. The Labute approximate surface area is 92.8 Å². The molecule has 0 aromatic carbocycles. The first-order valence-corrected chi connectivity index (χ1v) is 4.93. The molecule has 0 fully saturated rings. The number of aromatic nitrogens is 2. The number of carboxylic acids is 1. The van der Waals surface area contributed by atoms with Gasteiger partial charge < -0.3 is 9.67 Å². The number of nitrogens with zero attached hydrogens (tertiary/aromatic N) is 2. The minimum atomic E-state index is -0.874. The second-order valence-corrected chi connectivity index (χ2v) is 3.56. The van der Waals surface area contributed by atoms with Gasteiger partial charge in [0.15, 0.2) is 0 Å². The predicted molar refractivity (Wildman–Crippen MR) is 62.2 cm³/mol. The second kappa shape index (κ2) is 3.81. The van der Waals surface area contributed by atoms with Crippen molar-refractivity contribution < 1.29 is 9.90 Å². The number of rotatable bonds is 3. The minimum absolute atomic E-state index is 0.0762. The van der Waals surface area contributed by atoms with Crippen LogP contribution in [-0.4, -0.2) is 20.6 Å². The van der Waals surface area contributed by atoms with Gasteiger partial charge in [0.05, 0.1) is 0 Å². The summed E-state index contributed by atoms with van der Waals surface area (Å²) in [7, 11) is 0. The molecular weight excluding hydrogens is 204 g/mol. The third kappa shape index (κ3) is 1.48. The quantitative estimate of drug-likeness (QED) is 0.854. The maximum Gasteiger partial charge on any atom is 0.323 e. The maximum atomic E-state index is 10.8. The largest absolute Gasteiger partial charge is 0.480 e. The molecule has 0 saturated heterocycles. The van der Waals surface area contributed by atoms with Crippen molar-refractivity contribution in [2.45, 2.75) is 13.5 Å². The summed E-state index contributed by atoms with van der Waals surface area (Å²) in [6.07, 6.45) is 3.39. The molecule has 0 bridgehead atoms. The number of pyridine rings is 1. The van der Waals surface area contributed by atoms with E-state index >= 15 is 0 Å². The number of fused-ring (bicyclic) bond motifs is 1. The van der Waals surface area contributed by atoms with Gasteiger partial charge in [-0.15, -0.1) is 0 Å². The zero-order valence-electron chi connectivity index (χ0n) is 8.97. The lowest BCUT2D eigenvalue weighted by Crippen LogP contribution is -2.10.